The van der Waals surface area contributed by atoms with Crippen LogP contribution in [0.1, 0.15) is 78.1 Å². The number of carbonyl (C=O) groups is 3. The highest BCUT2D eigenvalue weighted by Gasteiger charge is 2.54. The van der Waals surface area contributed by atoms with Gasteiger partial charge in [0.05, 0.1) is 17.8 Å². The Morgan fingerprint density at radius 1 is 1.10 bits per heavy atom. The number of hydrogen-bond acceptors (Lipinski definition) is 6. The SMILES string of the molecule is CCCCN1C(=O)[C@@H](CC2(O)CCCCC2)NC(=O)C12CCN(CC1CN(C(C)=O)c3ccccc3O1)CC2.Cl. The number of piperazine rings is 1. The number of carbonyl (C=O) groups excluding carboxylic acids is 3. The van der Waals surface area contributed by atoms with Crippen molar-refractivity contribution in [3.63, 3.8) is 0 Å². The Balaban J connectivity index is 0.00000370. The summed E-state index contributed by atoms with van der Waals surface area (Å²) in [5.41, 5.74) is -0.919. The lowest BCUT2D eigenvalue weighted by Gasteiger charge is -2.52. The van der Waals surface area contributed by atoms with Crippen molar-refractivity contribution in [3.05, 3.63) is 24.3 Å². The molecule has 5 rings (SSSR count). The van der Waals surface area contributed by atoms with Gasteiger partial charge in [0.1, 0.15) is 23.4 Å². The van der Waals surface area contributed by atoms with Crippen LogP contribution in [-0.4, -0.2) is 88.6 Å². The first-order valence-electron chi connectivity index (χ1n) is 14.9. The summed E-state index contributed by atoms with van der Waals surface area (Å²) >= 11 is 0. The predicted octanol–water partition coefficient (Wildman–Crippen LogP) is 3.27. The third kappa shape index (κ3) is 6.11. The van der Waals surface area contributed by atoms with Crippen molar-refractivity contribution in [1.82, 2.24) is 15.1 Å². The highest BCUT2D eigenvalue weighted by molar-refractivity contribution is 6.00. The Bertz CT molecular complexity index is 1070. The molecule has 3 heterocycles. The number of fused-ring (bicyclic) bond motifs is 1. The standard InChI is InChI=1S/C30H44N4O5.ClH/c1-3-4-16-34-27(36)24(19-29(38)12-8-5-9-13-29)31-28(37)30(34)14-17-32(18-15-30)20-23-21-33(22(2)35)25-10-6-7-11-26(25)39-23;/h6-7,10-11,23-24,38H,3-5,8-9,12-21H2,1-2H3,(H,31,37);1H/t23?,24-;/m1./s1. The fourth-order valence-electron chi connectivity index (χ4n) is 7.03. The summed E-state index contributed by atoms with van der Waals surface area (Å²) in [6, 6.07) is 6.96. The molecule has 1 spiro atoms. The first-order chi connectivity index (χ1) is 18.7. The van der Waals surface area contributed by atoms with E-state index in [4.69, 9.17) is 4.74 Å². The molecule has 1 saturated carbocycles. The van der Waals surface area contributed by atoms with Gasteiger partial charge in [0.2, 0.25) is 17.7 Å². The molecule has 10 heteroatoms. The Kier molecular flexibility index (Phi) is 9.68. The molecule has 0 radical (unpaired) electrons. The summed E-state index contributed by atoms with van der Waals surface area (Å²) in [4.78, 5) is 45.8. The van der Waals surface area contributed by atoms with E-state index in [1.807, 2.05) is 29.2 Å². The smallest absolute Gasteiger partial charge is 0.246 e. The Hall–Kier alpha value is -2.36. The molecule has 9 nitrogen and oxygen atoms in total. The van der Waals surface area contributed by atoms with Crippen LogP contribution < -0.4 is 15.0 Å². The van der Waals surface area contributed by atoms with E-state index >= 15 is 0 Å². The van der Waals surface area contributed by atoms with Gasteiger partial charge in [-0.25, -0.2) is 0 Å². The molecule has 0 aromatic heterocycles. The van der Waals surface area contributed by atoms with Gasteiger partial charge in [0, 0.05) is 39.5 Å². The molecule has 3 amide bonds. The van der Waals surface area contributed by atoms with Crippen molar-refractivity contribution in [2.24, 2.45) is 0 Å². The quantitative estimate of drug-likeness (QED) is 0.516. The van der Waals surface area contributed by atoms with Crippen LogP contribution in [0.2, 0.25) is 0 Å². The van der Waals surface area contributed by atoms with Crippen LogP contribution in [0.4, 0.5) is 5.69 Å². The molecule has 2 N–H and O–H groups in total. The summed E-state index contributed by atoms with van der Waals surface area (Å²) in [6.45, 7) is 6.70. The Morgan fingerprint density at radius 2 is 1.80 bits per heavy atom. The van der Waals surface area contributed by atoms with Crippen molar-refractivity contribution in [3.8, 4) is 5.75 Å². The summed E-state index contributed by atoms with van der Waals surface area (Å²) in [5, 5.41) is 14.2. The maximum Gasteiger partial charge on any atom is 0.246 e. The van der Waals surface area contributed by atoms with E-state index < -0.39 is 17.2 Å². The first-order valence-corrected chi connectivity index (χ1v) is 14.9. The molecule has 1 aromatic rings. The van der Waals surface area contributed by atoms with Crippen LogP contribution in [-0.2, 0) is 14.4 Å². The fourth-order valence-corrected chi connectivity index (χ4v) is 7.03. The maximum atomic E-state index is 13.8. The largest absolute Gasteiger partial charge is 0.485 e. The van der Waals surface area contributed by atoms with Crippen molar-refractivity contribution in [2.45, 2.75) is 101 Å². The molecular weight excluding hydrogens is 532 g/mol. The molecule has 0 bridgehead atoms. The molecular formula is C30H45ClN4O5. The molecule has 4 aliphatic rings. The van der Waals surface area contributed by atoms with E-state index in [0.29, 0.717) is 70.6 Å². The number of benzene rings is 1. The second kappa shape index (κ2) is 12.7. The highest BCUT2D eigenvalue weighted by Crippen LogP contribution is 2.38. The summed E-state index contributed by atoms with van der Waals surface area (Å²) in [5.74, 6) is 0.587. The van der Waals surface area contributed by atoms with E-state index in [2.05, 4.69) is 17.1 Å². The van der Waals surface area contributed by atoms with Gasteiger partial charge in [-0.15, -0.1) is 12.4 Å². The second-order valence-corrected chi connectivity index (χ2v) is 12.0. The number of nitrogens with zero attached hydrogens (tertiary/aromatic N) is 3. The predicted molar refractivity (Wildman–Crippen MR) is 156 cm³/mol. The zero-order valence-corrected chi connectivity index (χ0v) is 24.7. The Labute approximate surface area is 244 Å². The van der Waals surface area contributed by atoms with Gasteiger partial charge in [-0.2, -0.15) is 0 Å². The Morgan fingerprint density at radius 3 is 2.48 bits per heavy atom. The normalized spacial score (nSPS) is 26.0. The average molecular weight is 577 g/mol. The lowest BCUT2D eigenvalue weighted by Crippen LogP contribution is -2.73. The van der Waals surface area contributed by atoms with Gasteiger partial charge in [-0.1, -0.05) is 44.7 Å². The zero-order chi connectivity index (χ0) is 27.6. The number of amides is 3. The van der Waals surface area contributed by atoms with Gasteiger partial charge in [-0.05, 0) is 44.2 Å². The van der Waals surface area contributed by atoms with E-state index in [9.17, 15) is 19.5 Å². The van der Waals surface area contributed by atoms with Crippen molar-refractivity contribution < 1.29 is 24.2 Å². The number of likely N-dealkylation sites (tertiary alicyclic amines) is 1. The van der Waals surface area contributed by atoms with E-state index in [1.165, 1.54) is 0 Å². The highest BCUT2D eigenvalue weighted by atomic mass is 35.5. The number of hydrogen-bond donors (Lipinski definition) is 2. The van der Waals surface area contributed by atoms with Crippen molar-refractivity contribution in [1.29, 1.82) is 0 Å². The summed E-state index contributed by atoms with van der Waals surface area (Å²) < 4.78 is 6.26. The lowest BCUT2D eigenvalue weighted by molar-refractivity contribution is -0.163. The third-order valence-electron chi connectivity index (χ3n) is 9.27. The topological polar surface area (TPSA) is 102 Å². The average Bonchev–Trinajstić information content (AvgIpc) is 2.92. The number of rotatable bonds is 7. The first kappa shape index (κ1) is 30.6. The number of aliphatic hydroxyl groups is 1. The van der Waals surface area contributed by atoms with Crippen LogP contribution in [0.25, 0.3) is 0 Å². The minimum absolute atomic E-state index is 0. The molecule has 3 fully saturated rings. The van der Waals surface area contributed by atoms with Gasteiger partial charge in [0.25, 0.3) is 0 Å². The second-order valence-electron chi connectivity index (χ2n) is 12.0. The van der Waals surface area contributed by atoms with Crippen LogP contribution in [0.3, 0.4) is 0 Å². The van der Waals surface area contributed by atoms with Crippen LogP contribution >= 0.6 is 12.4 Å². The lowest BCUT2D eigenvalue weighted by atomic mass is 9.77. The minimum Gasteiger partial charge on any atom is -0.485 e. The monoisotopic (exact) mass is 576 g/mol. The summed E-state index contributed by atoms with van der Waals surface area (Å²) in [6.07, 6.45) is 7.46. The number of para-hydroxylation sites is 2. The number of piperidine rings is 1. The third-order valence-corrected chi connectivity index (χ3v) is 9.27. The van der Waals surface area contributed by atoms with Crippen molar-refractivity contribution >= 4 is 35.8 Å². The molecule has 3 aliphatic heterocycles. The molecule has 2 saturated heterocycles. The van der Waals surface area contributed by atoms with Gasteiger partial charge in [0.15, 0.2) is 0 Å². The number of nitrogens with one attached hydrogen (secondary N) is 1. The molecule has 222 valence electrons. The van der Waals surface area contributed by atoms with E-state index in [1.54, 1.807) is 11.8 Å². The van der Waals surface area contributed by atoms with E-state index in [0.717, 1.165) is 37.8 Å². The van der Waals surface area contributed by atoms with E-state index in [-0.39, 0.29) is 36.2 Å². The van der Waals surface area contributed by atoms with Gasteiger partial charge >= 0.3 is 0 Å². The molecule has 1 aromatic carbocycles. The zero-order valence-electron chi connectivity index (χ0n) is 23.9. The molecule has 1 unspecified atom stereocenters. The van der Waals surface area contributed by atoms with Gasteiger partial charge < -0.3 is 25.0 Å². The fraction of sp³-hybridized carbons (Fsp3) is 0.700. The maximum absolute atomic E-state index is 13.8. The van der Waals surface area contributed by atoms with Crippen LogP contribution in [0, 0.1) is 0 Å². The molecule has 1 aliphatic carbocycles. The minimum atomic E-state index is -0.872. The number of ether oxygens (including phenoxy) is 1. The summed E-state index contributed by atoms with van der Waals surface area (Å²) in [7, 11) is 0. The van der Waals surface area contributed by atoms with Crippen molar-refractivity contribution in [2.75, 3.05) is 37.6 Å². The number of halogens is 1. The number of anilines is 1. The van der Waals surface area contributed by atoms with Crippen LogP contribution in [0.15, 0.2) is 24.3 Å². The number of unbranched alkanes of at least 4 members (excludes halogenated alkanes) is 1. The molecule has 40 heavy (non-hydrogen) atoms. The molecule has 2 atom stereocenters. The van der Waals surface area contributed by atoms with Crippen LogP contribution in [0.5, 0.6) is 5.75 Å². The van der Waals surface area contributed by atoms with Gasteiger partial charge in [-0.3, -0.25) is 19.3 Å².